The Morgan fingerprint density at radius 2 is 1.76 bits per heavy atom. The Kier molecular flexibility index (Phi) is 1.99. The molecule has 0 aliphatic rings. The van der Waals surface area contributed by atoms with Crippen LogP contribution in [0.25, 0.3) is 28.1 Å². The van der Waals surface area contributed by atoms with Crippen LogP contribution in [-0.4, -0.2) is 0 Å². The van der Waals surface area contributed by atoms with E-state index in [0.29, 0.717) is 5.75 Å². The lowest BCUT2D eigenvalue weighted by molar-refractivity contribution is 0.513. The molecule has 2 heteroatoms. The normalized spacial score (nSPS) is 10.5. The summed E-state index contributed by atoms with van der Waals surface area (Å²) < 4.78 is 5.01. The van der Waals surface area contributed by atoms with Gasteiger partial charge in [0.2, 0.25) is 0 Å². The van der Waals surface area contributed by atoms with E-state index in [-0.39, 0.29) is 0 Å². The molecule has 0 heterocycles. The van der Waals surface area contributed by atoms with E-state index in [9.17, 15) is 0 Å². The SMILES string of the molecule is C=c1cc(OC#N)c2cccc3cccc1c32. The van der Waals surface area contributed by atoms with Crippen LogP contribution >= 0.6 is 0 Å². The smallest absolute Gasteiger partial charge is 0.292 e. The zero-order valence-corrected chi connectivity index (χ0v) is 9.10. The fraction of sp³-hybridized carbons (Fsp3) is 0. The van der Waals surface area contributed by atoms with Crippen LogP contribution in [0.4, 0.5) is 0 Å². The fourth-order valence-corrected chi connectivity index (χ4v) is 2.26. The number of nitrogens with zero attached hydrogens (tertiary/aromatic N) is 1. The maximum Gasteiger partial charge on any atom is 0.292 e. The first-order valence-electron chi connectivity index (χ1n) is 5.30. The number of hydrogen-bond donors (Lipinski definition) is 0. The summed E-state index contributed by atoms with van der Waals surface area (Å²) in [5.74, 6) is 0.571. The molecule has 3 rings (SSSR count). The van der Waals surface area contributed by atoms with Gasteiger partial charge < -0.3 is 4.74 Å². The molecule has 3 aromatic carbocycles. The minimum absolute atomic E-state index is 0.571. The van der Waals surface area contributed by atoms with E-state index in [1.54, 1.807) is 12.3 Å². The van der Waals surface area contributed by atoms with Crippen LogP contribution in [0, 0.1) is 11.5 Å². The van der Waals surface area contributed by atoms with Crippen LogP contribution in [0.2, 0.25) is 0 Å². The monoisotopic (exact) mass is 219 g/mol. The summed E-state index contributed by atoms with van der Waals surface area (Å²) in [5, 5.41) is 13.8. The predicted molar refractivity (Wildman–Crippen MR) is 68.4 cm³/mol. The Balaban J connectivity index is 2.61. The number of hydrogen-bond acceptors (Lipinski definition) is 2. The van der Waals surface area contributed by atoms with E-state index >= 15 is 0 Å². The Morgan fingerprint density at radius 1 is 1.06 bits per heavy atom. The van der Waals surface area contributed by atoms with E-state index in [1.807, 2.05) is 36.4 Å². The maximum atomic E-state index is 8.67. The predicted octanol–water partition coefficient (Wildman–Crippen LogP) is 2.98. The molecule has 0 N–H and O–H groups in total. The molecule has 0 spiro atoms. The largest absolute Gasteiger partial charge is 0.387 e. The van der Waals surface area contributed by atoms with Gasteiger partial charge in [-0.25, -0.2) is 0 Å². The highest BCUT2D eigenvalue weighted by Crippen LogP contribution is 2.30. The van der Waals surface area contributed by atoms with E-state index in [2.05, 4.69) is 6.58 Å². The first kappa shape index (κ1) is 9.68. The highest BCUT2D eigenvalue weighted by atomic mass is 16.5. The zero-order valence-electron chi connectivity index (χ0n) is 9.10. The van der Waals surface area contributed by atoms with E-state index in [4.69, 9.17) is 10.00 Å². The summed E-state index contributed by atoms with van der Waals surface area (Å²) in [5.41, 5.74) is 0. The van der Waals surface area contributed by atoms with Crippen LogP contribution in [0.5, 0.6) is 5.75 Å². The second kappa shape index (κ2) is 3.50. The second-order valence-corrected chi connectivity index (χ2v) is 3.94. The van der Waals surface area contributed by atoms with Crippen molar-refractivity contribution in [3.8, 4) is 12.0 Å². The van der Waals surface area contributed by atoms with Gasteiger partial charge in [-0.1, -0.05) is 43.0 Å². The van der Waals surface area contributed by atoms with Gasteiger partial charge in [0, 0.05) is 10.8 Å². The molecule has 17 heavy (non-hydrogen) atoms. The first-order chi connectivity index (χ1) is 8.31. The number of benzene rings is 3. The topological polar surface area (TPSA) is 33.0 Å². The molecule has 3 aromatic rings. The van der Waals surface area contributed by atoms with Crippen molar-refractivity contribution in [1.82, 2.24) is 0 Å². The van der Waals surface area contributed by atoms with Crippen LogP contribution in [0.15, 0.2) is 42.5 Å². The van der Waals surface area contributed by atoms with Gasteiger partial charge in [0.1, 0.15) is 0 Å². The Labute approximate surface area is 98.3 Å². The number of ether oxygens (including phenoxy) is 1. The average molecular weight is 219 g/mol. The minimum Gasteiger partial charge on any atom is -0.387 e. The van der Waals surface area contributed by atoms with Crippen molar-refractivity contribution in [2.75, 3.05) is 0 Å². The summed E-state index contributed by atoms with van der Waals surface area (Å²) >= 11 is 0. The Hall–Kier alpha value is -2.53. The van der Waals surface area contributed by atoms with Crippen LogP contribution in [0.1, 0.15) is 0 Å². The van der Waals surface area contributed by atoms with E-state index in [1.165, 1.54) is 0 Å². The summed E-state index contributed by atoms with van der Waals surface area (Å²) in [7, 11) is 0. The molecule has 0 atom stereocenters. The van der Waals surface area contributed by atoms with E-state index in [0.717, 1.165) is 26.8 Å². The van der Waals surface area contributed by atoms with Crippen molar-refractivity contribution >= 4 is 28.1 Å². The zero-order chi connectivity index (χ0) is 11.8. The van der Waals surface area contributed by atoms with Crippen LogP contribution < -0.4 is 9.96 Å². The molecule has 0 amide bonds. The minimum atomic E-state index is 0.571. The molecule has 0 aromatic heterocycles. The molecule has 0 aliphatic carbocycles. The van der Waals surface area contributed by atoms with Gasteiger partial charge in [-0.15, -0.1) is 5.26 Å². The fourth-order valence-electron chi connectivity index (χ4n) is 2.26. The van der Waals surface area contributed by atoms with Crippen molar-refractivity contribution < 1.29 is 4.74 Å². The Bertz CT molecular complexity index is 794. The average Bonchev–Trinajstić information content (AvgIpc) is 2.35. The number of rotatable bonds is 1. The summed E-state index contributed by atoms with van der Waals surface area (Å²) in [4.78, 5) is 0. The van der Waals surface area contributed by atoms with Gasteiger partial charge in [-0.2, -0.15) is 0 Å². The molecule has 0 radical (unpaired) electrons. The third kappa shape index (κ3) is 1.33. The van der Waals surface area contributed by atoms with Gasteiger partial charge in [-0.3, -0.25) is 0 Å². The molecule has 0 saturated carbocycles. The van der Waals surface area contributed by atoms with Gasteiger partial charge in [0.05, 0.1) is 0 Å². The lowest BCUT2D eigenvalue weighted by Gasteiger charge is -2.08. The molecular weight excluding hydrogens is 210 g/mol. The van der Waals surface area contributed by atoms with Gasteiger partial charge >= 0.3 is 0 Å². The highest BCUT2D eigenvalue weighted by molar-refractivity contribution is 6.12. The third-order valence-electron chi connectivity index (χ3n) is 2.98. The molecule has 2 nitrogen and oxygen atoms in total. The molecule has 80 valence electrons. The highest BCUT2D eigenvalue weighted by Gasteiger charge is 2.08. The third-order valence-corrected chi connectivity index (χ3v) is 2.98. The van der Waals surface area contributed by atoms with Crippen molar-refractivity contribution in [2.24, 2.45) is 0 Å². The standard InChI is InChI=1S/C15H9NO/c1-10-8-14(17-9-16)13-7-3-5-11-4-2-6-12(10)15(11)13/h2-8H,1H2. The van der Waals surface area contributed by atoms with Crippen molar-refractivity contribution in [1.29, 1.82) is 5.26 Å². The van der Waals surface area contributed by atoms with Crippen LogP contribution in [-0.2, 0) is 0 Å². The van der Waals surface area contributed by atoms with Crippen molar-refractivity contribution in [2.45, 2.75) is 0 Å². The van der Waals surface area contributed by atoms with Crippen LogP contribution in [0.3, 0.4) is 0 Å². The lowest BCUT2D eigenvalue weighted by atomic mass is 9.99. The molecule has 0 saturated heterocycles. The lowest BCUT2D eigenvalue weighted by Crippen LogP contribution is -2.01. The molecule has 0 unspecified atom stereocenters. The molecule has 0 fully saturated rings. The van der Waals surface area contributed by atoms with Gasteiger partial charge in [0.15, 0.2) is 5.75 Å². The van der Waals surface area contributed by atoms with Crippen molar-refractivity contribution in [3.63, 3.8) is 0 Å². The number of nitriles is 1. The maximum absolute atomic E-state index is 8.67. The molecule has 0 aliphatic heterocycles. The quantitative estimate of drug-likeness (QED) is 0.589. The summed E-state index contributed by atoms with van der Waals surface area (Å²) in [6.07, 6.45) is 1.72. The van der Waals surface area contributed by atoms with Crippen molar-refractivity contribution in [3.05, 3.63) is 47.7 Å². The summed E-state index contributed by atoms with van der Waals surface area (Å²) in [6.45, 7) is 4.00. The molecule has 0 bridgehead atoms. The van der Waals surface area contributed by atoms with Gasteiger partial charge in [-0.05, 0) is 22.1 Å². The van der Waals surface area contributed by atoms with Gasteiger partial charge in [0.25, 0.3) is 6.26 Å². The molecular formula is C15H9NO. The summed E-state index contributed by atoms with van der Waals surface area (Å²) in [6, 6.07) is 13.9. The first-order valence-corrected chi connectivity index (χ1v) is 5.30. The Morgan fingerprint density at radius 3 is 2.47 bits per heavy atom. The second-order valence-electron chi connectivity index (χ2n) is 3.94. The van der Waals surface area contributed by atoms with E-state index < -0.39 is 0 Å².